The lowest BCUT2D eigenvalue weighted by Gasteiger charge is -2.02. The highest BCUT2D eigenvalue weighted by atomic mass is 32.1. The molecule has 0 saturated heterocycles. The number of hydrogen-bond donors (Lipinski definition) is 2. The maximum absolute atomic E-state index is 11.4. The van der Waals surface area contributed by atoms with Gasteiger partial charge >= 0.3 is 0 Å². The Bertz CT molecular complexity index is 360. The van der Waals surface area contributed by atoms with Gasteiger partial charge in [0.05, 0.1) is 12.2 Å². The van der Waals surface area contributed by atoms with Gasteiger partial charge in [-0.25, -0.2) is 4.98 Å². The fraction of sp³-hybridized carbons (Fsp3) is 0.636. The van der Waals surface area contributed by atoms with Crippen LogP contribution < -0.4 is 10.6 Å². The van der Waals surface area contributed by atoms with Gasteiger partial charge < -0.3 is 10.6 Å². The molecule has 2 N–H and O–H groups in total. The highest BCUT2D eigenvalue weighted by Crippen LogP contribution is 2.40. The number of nitrogens with zero attached hydrogens (tertiary/aromatic N) is 1. The standard InChI is InChI=1S/C11H17N3OS/c1-12-5-4-10(15)13-6-11-14-9(7-16-11)8-2-3-8/h7-8,12H,2-6H2,1H3,(H,13,15). The van der Waals surface area contributed by atoms with Crippen molar-refractivity contribution in [1.29, 1.82) is 0 Å². The van der Waals surface area contributed by atoms with Gasteiger partial charge in [0.15, 0.2) is 0 Å². The van der Waals surface area contributed by atoms with Gasteiger partial charge in [0, 0.05) is 24.3 Å². The van der Waals surface area contributed by atoms with E-state index >= 15 is 0 Å². The van der Waals surface area contributed by atoms with E-state index in [4.69, 9.17) is 0 Å². The molecule has 1 saturated carbocycles. The molecule has 0 bridgehead atoms. The third-order valence-corrected chi connectivity index (χ3v) is 3.47. The van der Waals surface area contributed by atoms with Crippen LogP contribution in [0.15, 0.2) is 5.38 Å². The predicted octanol–water partition coefficient (Wildman–Crippen LogP) is 1.25. The molecule has 16 heavy (non-hydrogen) atoms. The first-order chi connectivity index (χ1) is 7.79. The van der Waals surface area contributed by atoms with Gasteiger partial charge in [-0.2, -0.15) is 0 Å². The van der Waals surface area contributed by atoms with Gasteiger partial charge in [-0.15, -0.1) is 11.3 Å². The van der Waals surface area contributed by atoms with Crippen LogP contribution in [0.25, 0.3) is 0 Å². The maximum Gasteiger partial charge on any atom is 0.221 e. The van der Waals surface area contributed by atoms with Gasteiger partial charge in [-0.1, -0.05) is 0 Å². The number of hydrogen-bond acceptors (Lipinski definition) is 4. The van der Waals surface area contributed by atoms with E-state index in [9.17, 15) is 4.79 Å². The Kier molecular flexibility index (Phi) is 3.90. The number of thiazole rings is 1. The molecule has 1 amide bonds. The Morgan fingerprint density at radius 2 is 2.44 bits per heavy atom. The summed E-state index contributed by atoms with van der Waals surface area (Å²) in [5.74, 6) is 0.780. The molecule has 0 radical (unpaired) electrons. The first-order valence-electron chi connectivity index (χ1n) is 5.65. The number of rotatable bonds is 6. The summed E-state index contributed by atoms with van der Waals surface area (Å²) in [7, 11) is 1.84. The summed E-state index contributed by atoms with van der Waals surface area (Å²) >= 11 is 1.64. The van der Waals surface area contributed by atoms with E-state index in [0.717, 1.165) is 11.6 Å². The molecule has 88 valence electrons. The molecule has 1 aliphatic rings. The Hall–Kier alpha value is -0.940. The Morgan fingerprint density at radius 3 is 3.12 bits per heavy atom. The van der Waals surface area contributed by atoms with Crippen molar-refractivity contribution in [3.63, 3.8) is 0 Å². The van der Waals surface area contributed by atoms with Crippen molar-refractivity contribution in [2.45, 2.75) is 31.7 Å². The average molecular weight is 239 g/mol. The zero-order chi connectivity index (χ0) is 11.4. The van der Waals surface area contributed by atoms with Crippen molar-refractivity contribution < 1.29 is 4.79 Å². The van der Waals surface area contributed by atoms with Gasteiger partial charge in [-0.3, -0.25) is 4.79 Å². The maximum atomic E-state index is 11.4. The Labute approximate surface area is 99.5 Å². The van der Waals surface area contributed by atoms with Crippen LogP contribution in [0.4, 0.5) is 0 Å². The quantitative estimate of drug-likeness (QED) is 0.785. The van der Waals surface area contributed by atoms with Crippen LogP contribution in [0.1, 0.15) is 35.9 Å². The van der Waals surface area contributed by atoms with Crippen molar-refractivity contribution in [1.82, 2.24) is 15.6 Å². The number of aromatic nitrogens is 1. The number of carbonyl (C=O) groups excluding carboxylic acids is 1. The zero-order valence-corrected chi connectivity index (χ0v) is 10.3. The van der Waals surface area contributed by atoms with Crippen LogP contribution in [-0.4, -0.2) is 24.5 Å². The molecular weight excluding hydrogens is 222 g/mol. The fourth-order valence-corrected chi connectivity index (χ4v) is 2.29. The van der Waals surface area contributed by atoms with E-state index in [-0.39, 0.29) is 5.91 Å². The number of nitrogens with one attached hydrogen (secondary N) is 2. The highest BCUT2D eigenvalue weighted by molar-refractivity contribution is 7.09. The molecule has 0 unspecified atom stereocenters. The third kappa shape index (κ3) is 3.28. The lowest BCUT2D eigenvalue weighted by atomic mass is 10.3. The molecule has 0 aliphatic heterocycles. The normalized spacial score (nSPS) is 15.1. The minimum atomic E-state index is 0.0810. The summed E-state index contributed by atoms with van der Waals surface area (Å²) in [4.78, 5) is 15.9. The predicted molar refractivity (Wildman–Crippen MR) is 64.5 cm³/mol. The zero-order valence-electron chi connectivity index (χ0n) is 9.45. The number of amides is 1. The van der Waals surface area contributed by atoms with E-state index in [2.05, 4.69) is 21.0 Å². The molecule has 4 nitrogen and oxygen atoms in total. The van der Waals surface area contributed by atoms with Crippen LogP contribution in [-0.2, 0) is 11.3 Å². The second-order valence-electron chi connectivity index (χ2n) is 4.07. The molecule has 1 aromatic heterocycles. The Balaban J connectivity index is 1.73. The van der Waals surface area contributed by atoms with Gasteiger partial charge in [0.1, 0.15) is 5.01 Å². The van der Waals surface area contributed by atoms with Crippen molar-refractivity contribution >= 4 is 17.2 Å². The minimum absolute atomic E-state index is 0.0810. The third-order valence-electron chi connectivity index (χ3n) is 2.60. The smallest absolute Gasteiger partial charge is 0.221 e. The van der Waals surface area contributed by atoms with Gasteiger partial charge in [0.2, 0.25) is 5.91 Å². The lowest BCUT2D eigenvalue weighted by molar-refractivity contribution is -0.121. The molecule has 0 atom stereocenters. The largest absolute Gasteiger partial charge is 0.350 e. The molecule has 0 aromatic carbocycles. The van der Waals surface area contributed by atoms with Crippen molar-refractivity contribution in [3.8, 4) is 0 Å². The summed E-state index contributed by atoms with van der Waals surface area (Å²) < 4.78 is 0. The van der Waals surface area contributed by atoms with Crippen LogP contribution in [0, 0.1) is 0 Å². The van der Waals surface area contributed by atoms with E-state index in [1.807, 2.05) is 7.05 Å². The second-order valence-corrected chi connectivity index (χ2v) is 5.01. The molecule has 5 heteroatoms. The topological polar surface area (TPSA) is 54.0 Å². The van der Waals surface area contributed by atoms with Crippen LogP contribution in [0.3, 0.4) is 0 Å². The lowest BCUT2D eigenvalue weighted by Crippen LogP contribution is -2.26. The van der Waals surface area contributed by atoms with Crippen molar-refractivity contribution in [2.75, 3.05) is 13.6 Å². The highest BCUT2D eigenvalue weighted by Gasteiger charge is 2.25. The molecule has 1 fully saturated rings. The van der Waals surface area contributed by atoms with E-state index < -0.39 is 0 Å². The molecule has 1 heterocycles. The minimum Gasteiger partial charge on any atom is -0.350 e. The second kappa shape index (κ2) is 5.41. The van der Waals surface area contributed by atoms with Crippen LogP contribution >= 0.6 is 11.3 Å². The van der Waals surface area contributed by atoms with E-state index in [1.165, 1.54) is 18.5 Å². The molecule has 0 spiro atoms. The average Bonchev–Trinajstić information content (AvgIpc) is 3.03. The molecule has 1 aromatic rings. The van der Waals surface area contributed by atoms with E-state index in [1.54, 1.807) is 11.3 Å². The van der Waals surface area contributed by atoms with Gasteiger partial charge in [0.25, 0.3) is 0 Å². The van der Waals surface area contributed by atoms with Crippen molar-refractivity contribution in [2.24, 2.45) is 0 Å². The number of carbonyl (C=O) groups is 1. The van der Waals surface area contributed by atoms with Crippen LogP contribution in [0.2, 0.25) is 0 Å². The molecule has 1 aliphatic carbocycles. The monoisotopic (exact) mass is 239 g/mol. The Morgan fingerprint density at radius 1 is 1.62 bits per heavy atom. The first kappa shape index (κ1) is 11.5. The van der Waals surface area contributed by atoms with E-state index in [0.29, 0.717) is 18.9 Å². The molecule has 2 rings (SSSR count). The first-order valence-corrected chi connectivity index (χ1v) is 6.53. The fourth-order valence-electron chi connectivity index (χ4n) is 1.47. The summed E-state index contributed by atoms with van der Waals surface area (Å²) in [6, 6.07) is 0. The SMILES string of the molecule is CNCCC(=O)NCc1nc(C2CC2)cs1. The molecular formula is C11H17N3OS. The van der Waals surface area contributed by atoms with Crippen molar-refractivity contribution in [3.05, 3.63) is 16.1 Å². The van der Waals surface area contributed by atoms with Crippen LogP contribution in [0.5, 0.6) is 0 Å². The summed E-state index contributed by atoms with van der Waals surface area (Å²) in [5, 5.41) is 8.96. The summed E-state index contributed by atoms with van der Waals surface area (Å²) in [5.41, 5.74) is 1.21. The summed E-state index contributed by atoms with van der Waals surface area (Å²) in [6.07, 6.45) is 3.08. The summed E-state index contributed by atoms with van der Waals surface area (Å²) in [6.45, 7) is 1.29. The van der Waals surface area contributed by atoms with Gasteiger partial charge in [-0.05, 0) is 19.9 Å².